The van der Waals surface area contributed by atoms with Gasteiger partial charge in [-0.05, 0) is 18.7 Å². The number of likely N-dealkylation sites (N-methyl/N-ethyl adjacent to an activating group) is 1. The highest BCUT2D eigenvalue weighted by atomic mass is 16.1. The summed E-state index contributed by atoms with van der Waals surface area (Å²) in [5.41, 5.74) is -0.163. The van der Waals surface area contributed by atoms with E-state index >= 15 is 0 Å². The molecule has 0 radical (unpaired) electrons. The molecule has 12 heavy (non-hydrogen) atoms. The van der Waals surface area contributed by atoms with Crippen molar-refractivity contribution in [2.45, 2.75) is 13.0 Å². The molecule has 1 rings (SSSR count). The van der Waals surface area contributed by atoms with E-state index in [0.29, 0.717) is 6.54 Å². The number of hydrogen-bond donors (Lipinski definition) is 2. The highest BCUT2D eigenvalue weighted by molar-refractivity contribution is 6.51. The van der Waals surface area contributed by atoms with E-state index in [1.807, 2.05) is 6.92 Å². The summed E-state index contributed by atoms with van der Waals surface area (Å²) in [5, 5.41) is 10.1. The maximum absolute atomic E-state index is 11.1. The second-order valence-corrected chi connectivity index (χ2v) is 2.50. The van der Waals surface area contributed by atoms with E-state index < -0.39 is 6.04 Å². The standard InChI is InChI=1S/C8H10N2O2/c1-2-10-8-6(12)4-3-5(11)7(8)9/h3-4,8-10H,2H2,1H3. The smallest absolute Gasteiger partial charge is 0.201 e. The van der Waals surface area contributed by atoms with Crippen molar-refractivity contribution < 1.29 is 9.59 Å². The van der Waals surface area contributed by atoms with Gasteiger partial charge in [-0.2, -0.15) is 0 Å². The normalized spacial score (nSPS) is 23.4. The molecule has 1 unspecified atom stereocenters. The van der Waals surface area contributed by atoms with Crippen molar-refractivity contribution in [2.24, 2.45) is 0 Å². The van der Waals surface area contributed by atoms with Crippen LogP contribution in [-0.4, -0.2) is 29.9 Å². The maximum Gasteiger partial charge on any atom is 0.201 e. The summed E-state index contributed by atoms with van der Waals surface area (Å²) in [5.74, 6) is -0.609. The van der Waals surface area contributed by atoms with Gasteiger partial charge in [0.15, 0.2) is 5.78 Å². The molecule has 0 saturated carbocycles. The number of nitrogens with one attached hydrogen (secondary N) is 2. The molecule has 0 aromatic rings. The molecule has 0 heterocycles. The summed E-state index contributed by atoms with van der Waals surface area (Å²) in [6.45, 7) is 2.39. The van der Waals surface area contributed by atoms with Crippen LogP contribution in [0.1, 0.15) is 6.92 Å². The van der Waals surface area contributed by atoms with Crippen LogP contribution in [0.3, 0.4) is 0 Å². The van der Waals surface area contributed by atoms with Gasteiger partial charge in [0.05, 0.1) is 0 Å². The Bertz CT molecular complexity index is 268. The van der Waals surface area contributed by atoms with Crippen LogP contribution in [0.15, 0.2) is 12.2 Å². The van der Waals surface area contributed by atoms with Crippen LogP contribution in [0.5, 0.6) is 0 Å². The average Bonchev–Trinajstić information content (AvgIpc) is 2.06. The Morgan fingerprint density at radius 1 is 1.50 bits per heavy atom. The van der Waals surface area contributed by atoms with E-state index in [2.05, 4.69) is 5.32 Å². The molecule has 4 nitrogen and oxygen atoms in total. The van der Waals surface area contributed by atoms with E-state index in [0.717, 1.165) is 6.08 Å². The SMILES string of the molecule is CCNC1C(=N)C(=O)C=CC1=O. The van der Waals surface area contributed by atoms with E-state index in [1.54, 1.807) is 0 Å². The van der Waals surface area contributed by atoms with Crippen LogP contribution in [0.4, 0.5) is 0 Å². The number of carbonyl (C=O) groups excluding carboxylic acids is 2. The van der Waals surface area contributed by atoms with E-state index in [1.165, 1.54) is 6.08 Å². The van der Waals surface area contributed by atoms with Crippen LogP contribution in [-0.2, 0) is 9.59 Å². The van der Waals surface area contributed by atoms with Crippen molar-refractivity contribution in [3.63, 3.8) is 0 Å². The average molecular weight is 166 g/mol. The third-order valence-electron chi connectivity index (χ3n) is 1.65. The van der Waals surface area contributed by atoms with Gasteiger partial charge in [0.2, 0.25) is 5.78 Å². The summed E-state index contributed by atoms with van der Waals surface area (Å²) in [7, 11) is 0. The molecule has 0 spiro atoms. The Balaban J connectivity index is 2.85. The minimum absolute atomic E-state index is 0.163. The minimum atomic E-state index is -0.729. The number of ketones is 2. The summed E-state index contributed by atoms with van der Waals surface area (Å²) in [6, 6.07) is -0.729. The Labute approximate surface area is 70.2 Å². The van der Waals surface area contributed by atoms with Crippen LogP contribution in [0.2, 0.25) is 0 Å². The summed E-state index contributed by atoms with van der Waals surface area (Å²) in [6.07, 6.45) is 2.35. The summed E-state index contributed by atoms with van der Waals surface area (Å²) in [4.78, 5) is 22.0. The number of carbonyl (C=O) groups is 2. The minimum Gasteiger partial charge on any atom is -0.302 e. The quantitative estimate of drug-likeness (QED) is 0.591. The fourth-order valence-electron chi connectivity index (χ4n) is 1.04. The molecule has 0 saturated heterocycles. The van der Waals surface area contributed by atoms with Crippen LogP contribution in [0.25, 0.3) is 0 Å². The van der Waals surface area contributed by atoms with Crippen molar-refractivity contribution in [1.29, 1.82) is 5.41 Å². The molecule has 0 bridgehead atoms. The monoisotopic (exact) mass is 166 g/mol. The number of hydrogen-bond acceptors (Lipinski definition) is 4. The largest absolute Gasteiger partial charge is 0.302 e. The molecule has 1 aliphatic rings. The van der Waals surface area contributed by atoms with E-state index in [9.17, 15) is 9.59 Å². The van der Waals surface area contributed by atoms with Crippen molar-refractivity contribution >= 4 is 17.3 Å². The molecule has 0 amide bonds. The van der Waals surface area contributed by atoms with Crippen molar-refractivity contribution in [2.75, 3.05) is 6.54 Å². The Morgan fingerprint density at radius 3 is 2.75 bits per heavy atom. The number of rotatable bonds is 2. The lowest BCUT2D eigenvalue weighted by molar-refractivity contribution is -0.117. The van der Waals surface area contributed by atoms with Gasteiger partial charge in [-0.3, -0.25) is 15.0 Å². The van der Waals surface area contributed by atoms with Crippen molar-refractivity contribution in [3.8, 4) is 0 Å². The zero-order valence-electron chi connectivity index (χ0n) is 6.76. The third-order valence-corrected chi connectivity index (χ3v) is 1.65. The fourth-order valence-corrected chi connectivity index (χ4v) is 1.04. The predicted octanol–water partition coefficient (Wildman–Crippen LogP) is -0.308. The zero-order valence-corrected chi connectivity index (χ0v) is 6.76. The molecular weight excluding hydrogens is 156 g/mol. The molecule has 4 heteroatoms. The first-order valence-corrected chi connectivity index (χ1v) is 3.75. The van der Waals surface area contributed by atoms with Crippen LogP contribution >= 0.6 is 0 Å². The van der Waals surface area contributed by atoms with Gasteiger partial charge < -0.3 is 5.32 Å². The Morgan fingerprint density at radius 2 is 2.17 bits per heavy atom. The highest BCUT2D eigenvalue weighted by Gasteiger charge is 2.27. The molecule has 2 N–H and O–H groups in total. The van der Waals surface area contributed by atoms with Gasteiger partial charge in [-0.25, -0.2) is 0 Å². The highest BCUT2D eigenvalue weighted by Crippen LogP contribution is 2.00. The second kappa shape index (κ2) is 3.40. The third kappa shape index (κ3) is 1.48. The van der Waals surface area contributed by atoms with Gasteiger partial charge >= 0.3 is 0 Å². The lowest BCUT2D eigenvalue weighted by Crippen LogP contribution is -2.47. The van der Waals surface area contributed by atoms with Crippen LogP contribution in [0, 0.1) is 5.41 Å². The van der Waals surface area contributed by atoms with Gasteiger partial charge in [0.25, 0.3) is 0 Å². The molecule has 0 aliphatic heterocycles. The molecule has 0 fully saturated rings. The Kier molecular flexibility index (Phi) is 2.50. The summed E-state index contributed by atoms with van der Waals surface area (Å²) >= 11 is 0. The van der Waals surface area contributed by atoms with Gasteiger partial charge in [0, 0.05) is 0 Å². The van der Waals surface area contributed by atoms with E-state index in [4.69, 9.17) is 5.41 Å². The lowest BCUT2D eigenvalue weighted by Gasteiger charge is -2.16. The molecule has 64 valence electrons. The van der Waals surface area contributed by atoms with Gasteiger partial charge in [-0.15, -0.1) is 0 Å². The van der Waals surface area contributed by atoms with Crippen molar-refractivity contribution in [3.05, 3.63) is 12.2 Å². The number of allylic oxidation sites excluding steroid dienone is 1. The second-order valence-electron chi connectivity index (χ2n) is 2.50. The summed E-state index contributed by atoms with van der Waals surface area (Å²) < 4.78 is 0. The molecule has 1 atom stereocenters. The molecule has 0 aromatic carbocycles. The Hall–Kier alpha value is -1.29. The fraction of sp³-hybridized carbons (Fsp3) is 0.375. The van der Waals surface area contributed by atoms with Crippen molar-refractivity contribution in [1.82, 2.24) is 5.32 Å². The maximum atomic E-state index is 11.1. The topological polar surface area (TPSA) is 70.0 Å². The lowest BCUT2D eigenvalue weighted by atomic mass is 9.97. The van der Waals surface area contributed by atoms with Gasteiger partial charge in [0.1, 0.15) is 11.8 Å². The first kappa shape index (κ1) is 8.80. The first-order chi connectivity index (χ1) is 5.66. The molecule has 1 aliphatic carbocycles. The molecular formula is C8H10N2O2. The predicted molar refractivity (Wildman–Crippen MR) is 44.3 cm³/mol. The van der Waals surface area contributed by atoms with E-state index in [-0.39, 0.29) is 17.3 Å². The van der Waals surface area contributed by atoms with Crippen LogP contribution < -0.4 is 5.32 Å². The van der Waals surface area contributed by atoms with Gasteiger partial charge in [-0.1, -0.05) is 6.92 Å². The molecule has 0 aromatic heterocycles. The zero-order chi connectivity index (χ0) is 9.14. The first-order valence-electron chi connectivity index (χ1n) is 3.75.